The van der Waals surface area contributed by atoms with Gasteiger partial charge in [-0.1, -0.05) is 24.3 Å². The zero-order chi connectivity index (χ0) is 30.4. The molecule has 2 aromatic carbocycles. The number of hydrogen-bond acceptors (Lipinski definition) is 9. The molecule has 42 heavy (non-hydrogen) atoms. The second-order valence-electron chi connectivity index (χ2n) is 10.7. The Morgan fingerprint density at radius 1 is 1.07 bits per heavy atom. The SMILES string of the molecule is CC(F)(F)c1ccc(-c2ccc(CN3C(=O)[C@@H](N)CS(=O)(=O)c4ccc(-c5nnc(C(C)(C)C#N)o5)cc43)cc2)nc1. The molecule has 10 nitrogen and oxygen atoms in total. The van der Waals surface area contributed by atoms with Gasteiger partial charge < -0.3 is 15.1 Å². The van der Waals surface area contributed by atoms with E-state index in [9.17, 15) is 27.3 Å². The van der Waals surface area contributed by atoms with Crippen LogP contribution >= 0.6 is 0 Å². The number of carbonyl (C=O) groups is 1. The van der Waals surface area contributed by atoms with Crippen LogP contribution in [0.4, 0.5) is 14.5 Å². The second-order valence-corrected chi connectivity index (χ2v) is 12.7. The Morgan fingerprint density at radius 2 is 1.76 bits per heavy atom. The first-order valence-electron chi connectivity index (χ1n) is 12.8. The lowest BCUT2D eigenvalue weighted by Crippen LogP contribution is -2.45. The van der Waals surface area contributed by atoms with Crippen molar-refractivity contribution in [3.05, 3.63) is 77.8 Å². The van der Waals surface area contributed by atoms with Gasteiger partial charge in [-0.25, -0.2) is 17.2 Å². The Morgan fingerprint density at radius 3 is 2.38 bits per heavy atom. The molecule has 1 aliphatic rings. The highest BCUT2D eigenvalue weighted by atomic mass is 32.2. The summed E-state index contributed by atoms with van der Waals surface area (Å²) in [6.45, 7) is 4.03. The molecule has 0 bridgehead atoms. The van der Waals surface area contributed by atoms with E-state index in [1.165, 1.54) is 35.2 Å². The van der Waals surface area contributed by atoms with Gasteiger partial charge in [-0.3, -0.25) is 9.78 Å². The van der Waals surface area contributed by atoms with E-state index in [0.717, 1.165) is 13.1 Å². The number of alkyl halides is 2. The third kappa shape index (κ3) is 5.50. The number of anilines is 1. The molecular formula is C29H26F2N6O4S. The summed E-state index contributed by atoms with van der Waals surface area (Å²) >= 11 is 0. The van der Waals surface area contributed by atoms with Crippen LogP contribution in [0.5, 0.6) is 0 Å². The van der Waals surface area contributed by atoms with E-state index < -0.39 is 38.9 Å². The van der Waals surface area contributed by atoms with Crippen LogP contribution in [-0.2, 0) is 32.5 Å². The van der Waals surface area contributed by atoms with Gasteiger partial charge in [0.2, 0.25) is 17.7 Å². The highest BCUT2D eigenvalue weighted by molar-refractivity contribution is 7.91. The number of fused-ring (bicyclic) bond motifs is 1. The molecular weight excluding hydrogens is 566 g/mol. The van der Waals surface area contributed by atoms with Gasteiger partial charge in [0.1, 0.15) is 5.41 Å². The molecule has 0 unspecified atom stereocenters. The second kappa shape index (κ2) is 10.4. The zero-order valence-electron chi connectivity index (χ0n) is 22.9. The zero-order valence-corrected chi connectivity index (χ0v) is 23.7. The number of nitrogens with zero attached hydrogens (tertiary/aromatic N) is 5. The van der Waals surface area contributed by atoms with Crippen LogP contribution in [0.2, 0.25) is 0 Å². The van der Waals surface area contributed by atoms with E-state index in [-0.39, 0.29) is 34.5 Å². The summed E-state index contributed by atoms with van der Waals surface area (Å²) < 4.78 is 59.1. The van der Waals surface area contributed by atoms with Crippen LogP contribution in [0.25, 0.3) is 22.7 Å². The molecule has 1 atom stereocenters. The maximum atomic E-state index is 13.5. The number of nitriles is 1. The van der Waals surface area contributed by atoms with Crippen LogP contribution in [0.3, 0.4) is 0 Å². The van der Waals surface area contributed by atoms with Crippen LogP contribution in [0.15, 0.2) is 70.1 Å². The van der Waals surface area contributed by atoms with Gasteiger partial charge in [-0.05, 0) is 49.7 Å². The van der Waals surface area contributed by atoms with E-state index in [4.69, 9.17) is 10.2 Å². The Bertz CT molecular complexity index is 1810. The van der Waals surface area contributed by atoms with Gasteiger partial charge in [0.25, 0.3) is 5.92 Å². The van der Waals surface area contributed by atoms with Crippen molar-refractivity contribution < 1.29 is 26.4 Å². The van der Waals surface area contributed by atoms with Crippen molar-refractivity contribution in [3.63, 3.8) is 0 Å². The number of sulfone groups is 1. The maximum absolute atomic E-state index is 13.5. The molecule has 1 aliphatic heterocycles. The maximum Gasteiger partial charge on any atom is 0.272 e. The molecule has 3 heterocycles. The largest absolute Gasteiger partial charge is 0.419 e. The Kier molecular flexibility index (Phi) is 7.16. The predicted molar refractivity (Wildman–Crippen MR) is 149 cm³/mol. The number of hydrogen-bond donors (Lipinski definition) is 1. The van der Waals surface area contributed by atoms with Crippen molar-refractivity contribution in [2.24, 2.45) is 5.73 Å². The Labute approximate surface area is 240 Å². The van der Waals surface area contributed by atoms with Gasteiger partial charge in [-0.15, -0.1) is 10.2 Å². The summed E-state index contributed by atoms with van der Waals surface area (Å²) in [5.41, 5.74) is 7.06. The number of amides is 1. The number of nitrogens with two attached hydrogens (primary N) is 1. The summed E-state index contributed by atoms with van der Waals surface area (Å²) in [5.74, 6) is -4.01. The van der Waals surface area contributed by atoms with E-state index in [1.807, 2.05) is 0 Å². The molecule has 4 aromatic rings. The Hall–Kier alpha value is -4.54. The number of benzene rings is 2. The third-order valence-electron chi connectivity index (χ3n) is 6.91. The first-order valence-corrected chi connectivity index (χ1v) is 14.5. The summed E-state index contributed by atoms with van der Waals surface area (Å²) in [6, 6.07) is 14.9. The summed E-state index contributed by atoms with van der Waals surface area (Å²) in [6.07, 6.45) is 1.13. The summed E-state index contributed by atoms with van der Waals surface area (Å²) in [5, 5.41) is 17.4. The number of pyridine rings is 1. The lowest BCUT2D eigenvalue weighted by atomic mass is 9.96. The van der Waals surface area contributed by atoms with E-state index >= 15 is 0 Å². The number of rotatable bonds is 6. The molecule has 216 valence electrons. The minimum absolute atomic E-state index is 0.0102. The van der Waals surface area contributed by atoms with Crippen molar-refractivity contribution in [3.8, 4) is 28.8 Å². The van der Waals surface area contributed by atoms with Crippen molar-refractivity contribution >= 4 is 21.4 Å². The molecule has 13 heteroatoms. The van der Waals surface area contributed by atoms with Gasteiger partial charge in [0.15, 0.2) is 9.84 Å². The average molecular weight is 593 g/mol. The molecule has 5 rings (SSSR count). The lowest BCUT2D eigenvalue weighted by molar-refractivity contribution is -0.119. The first kappa shape index (κ1) is 29.0. The van der Waals surface area contributed by atoms with Crippen molar-refractivity contribution in [1.29, 1.82) is 5.26 Å². The van der Waals surface area contributed by atoms with Crippen molar-refractivity contribution in [1.82, 2.24) is 15.2 Å². The summed E-state index contributed by atoms with van der Waals surface area (Å²) in [7, 11) is -3.92. The van der Waals surface area contributed by atoms with Crippen molar-refractivity contribution in [2.75, 3.05) is 10.7 Å². The molecule has 0 aliphatic carbocycles. The summed E-state index contributed by atoms with van der Waals surface area (Å²) in [4.78, 5) is 18.8. The Balaban J connectivity index is 1.50. The highest BCUT2D eigenvalue weighted by Crippen LogP contribution is 2.36. The van der Waals surface area contributed by atoms with Crippen LogP contribution in [-0.4, -0.2) is 41.3 Å². The monoisotopic (exact) mass is 592 g/mol. The average Bonchev–Trinajstić information content (AvgIpc) is 3.44. The van der Waals surface area contributed by atoms with E-state index in [1.54, 1.807) is 38.1 Å². The standard InChI is InChI=1S/C29H26F2N6O4S/c1-28(2,16-32)27-36-35-25(41-27)19-8-11-24-23(12-19)37(26(38)21(33)15-42(24,39)40)14-17-4-6-18(7-5-17)22-10-9-20(13-34-22)29(3,30)31/h4-13,21H,14-15,33H2,1-3H3/t21-/m0/s1. The van der Waals surface area contributed by atoms with Gasteiger partial charge in [0, 0.05) is 29.8 Å². The molecule has 0 radical (unpaired) electrons. The van der Waals surface area contributed by atoms with E-state index in [0.29, 0.717) is 22.4 Å². The lowest BCUT2D eigenvalue weighted by Gasteiger charge is -2.24. The first-order chi connectivity index (χ1) is 19.7. The molecule has 2 aromatic heterocycles. The molecule has 0 saturated heterocycles. The van der Waals surface area contributed by atoms with Crippen LogP contribution in [0, 0.1) is 11.3 Å². The molecule has 0 spiro atoms. The molecule has 0 saturated carbocycles. The molecule has 2 N–H and O–H groups in total. The van der Waals surface area contributed by atoms with Crippen LogP contribution in [0.1, 0.15) is 37.8 Å². The quantitative estimate of drug-likeness (QED) is 0.344. The smallest absolute Gasteiger partial charge is 0.272 e. The third-order valence-corrected chi connectivity index (χ3v) is 8.73. The normalized spacial score (nSPS) is 16.9. The van der Waals surface area contributed by atoms with Gasteiger partial charge in [0.05, 0.1) is 40.7 Å². The van der Waals surface area contributed by atoms with Crippen molar-refractivity contribution in [2.45, 2.75) is 49.6 Å². The molecule has 1 amide bonds. The fourth-order valence-electron chi connectivity index (χ4n) is 4.43. The predicted octanol–water partition coefficient (Wildman–Crippen LogP) is 4.36. The fraction of sp³-hybridized carbons (Fsp3) is 0.276. The number of halogens is 2. The van der Waals surface area contributed by atoms with Gasteiger partial charge in [-0.2, -0.15) is 5.26 Å². The number of carbonyl (C=O) groups excluding carboxylic acids is 1. The fourth-order valence-corrected chi connectivity index (χ4v) is 5.99. The minimum Gasteiger partial charge on any atom is -0.419 e. The number of aromatic nitrogens is 3. The van der Waals surface area contributed by atoms with Gasteiger partial charge >= 0.3 is 0 Å². The molecule has 0 fully saturated rings. The van der Waals surface area contributed by atoms with Crippen LogP contribution < -0.4 is 10.6 Å². The van der Waals surface area contributed by atoms with E-state index in [2.05, 4.69) is 21.3 Å². The highest BCUT2D eigenvalue weighted by Gasteiger charge is 2.37. The minimum atomic E-state index is -3.92. The topological polar surface area (TPSA) is 156 Å².